The molecule has 2 aromatic carbocycles. The van der Waals surface area contributed by atoms with Gasteiger partial charge in [0.25, 0.3) is 0 Å². The summed E-state index contributed by atoms with van der Waals surface area (Å²) in [5, 5.41) is 9.52. The van der Waals surface area contributed by atoms with Crippen molar-refractivity contribution in [1.29, 1.82) is 0 Å². The van der Waals surface area contributed by atoms with Gasteiger partial charge in [0.05, 0.1) is 6.54 Å². The van der Waals surface area contributed by atoms with Gasteiger partial charge >= 0.3 is 0 Å². The Morgan fingerprint density at radius 1 is 1.17 bits per heavy atom. The van der Waals surface area contributed by atoms with Crippen molar-refractivity contribution in [3.63, 3.8) is 0 Å². The van der Waals surface area contributed by atoms with E-state index >= 15 is 0 Å². The minimum absolute atomic E-state index is 0.0260. The summed E-state index contributed by atoms with van der Waals surface area (Å²) in [4.78, 5) is 16.7. The minimum Gasteiger partial charge on any atom is -0.357 e. The molecule has 1 aliphatic heterocycles. The number of aliphatic imine (C=N–C) groups is 1. The van der Waals surface area contributed by atoms with E-state index in [4.69, 9.17) is 0 Å². The Kier molecular flexibility index (Phi) is 6.52. The molecule has 1 heterocycles. The maximum absolute atomic E-state index is 14.2. The van der Waals surface area contributed by atoms with Gasteiger partial charge in [-0.3, -0.25) is 9.79 Å². The van der Waals surface area contributed by atoms with E-state index in [1.54, 1.807) is 6.07 Å². The van der Waals surface area contributed by atoms with Crippen molar-refractivity contribution >= 4 is 17.6 Å². The largest absolute Gasteiger partial charge is 0.357 e. The van der Waals surface area contributed by atoms with E-state index in [0.717, 1.165) is 11.3 Å². The van der Waals surface area contributed by atoms with Crippen molar-refractivity contribution in [3.05, 3.63) is 65.5 Å². The molecule has 3 N–H and O–H groups in total. The van der Waals surface area contributed by atoms with E-state index in [2.05, 4.69) is 20.9 Å². The van der Waals surface area contributed by atoms with Gasteiger partial charge in [-0.05, 0) is 30.2 Å². The van der Waals surface area contributed by atoms with Gasteiger partial charge in [-0.1, -0.05) is 50.2 Å². The van der Waals surface area contributed by atoms with Crippen molar-refractivity contribution in [1.82, 2.24) is 10.6 Å². The van der Waals surface area contributed by atoms with E-state index in [1.165, 1.54) is 6.07 Å². The molecule has 1 amide bonds. The van der Waals surface area contributed by atoms with Crippen molar-refractivity contribution in [2.24, 2.45) is 4.99 Å². The number of carbonyl (C=O) groups excluding carboxylic acids is 1. The number of rotatable bonds is 6. The zero-order valence-electron chi connectivity index (χ0n) is 17.3. The molecule has 0 aromatic heterocycles. The molecule has 5 nitrogen and oxygen atoms in total. The fraction of sp³-hybridized carbons (Fsp3) is 0.391. The number of nitrogens with zero attached hydrogens (tertiary/aromatic N) is 1. The smallest absolute Gasteiger partial charge is 0.225 e. The summed E-state index contributed by atoms with van der Waals surface area (Å²) in [6.45, 7) is 7.72. The highest BCUT2D eigenvalue weighted by Gasteiger charge is 2.26. The van der Waals surface area contributed by atoms with E-state index in [0.29, 0.717) is 37.6 Å². The standard InChI is InChI=1S/C23H29FN4O/c1-4-25-22(27-15-23(2,3)18-10-6-7-11-19(18)24)26-14-16-13-21(29)28-20-12-8-5-9-17(16)20/h5-12,16H,4,13-15H2,1-3H3,(H,28,29)(H2,25,26,27). The zero-order valence-corrected chi connectivity index (χ0v) is 17.3. The second-order valence-electron chi connectivity index (χ2n) is 7.98. The van der Waals surface area contributed by atoms with Gasteiger partial charge in [0.1, 0.15) is 5.82 Å². The molecule has 6 heteroatoms. The number of hydrogen-bond donors (Lipinski definition) is 3. The Labute approximate surface area is 171 Å². The van der Waals surface area contributed by atoms with Gasteiger partial charge < -0.3 is 16.0 Å². The van der Waals surface area contributed by atoms with Crippen LogP contribution in [-0.4, -0.2) is 31.5 Å². The number of nitrogens with one attached hydrogen (secondary N) is 3. The lowest BCUT2D eigenvalue weighted by Crippen LogP contribution is -2.41. The van der Waals surface area contributed by atoms with Crippen molar-refractivity contribution in [3.8, 4) is 0 Å². The van der Waals surface area contributed by atoms with Crippen molar-refractivity contribution < 1.29 is 9.18 Å². The number of halogens is 1. The first kappa shape index (κ1) is 20.8. The molecule has 2 aromatic rings. The molecule has 0 saturated heterocycles. The SMILES string of the molecule is CCNC(=NCC(C)(C)c1ccccc1F)NCC1CC(=O)Nc2ccccc21. The van der Waals surface area contributed by atoms with Crippen molar-refractivity contribution in [2.45, 2.75) is 38.5 Å². The van der Waals surface area contributed by atoms with Crippen LogP contribution in [0.25, 0.3) is 0 Å². The number of fused-ring (bicyclic) bond motifs is 1. The Balaban J connectivity index is 1.71. The first-order chi connectivity index (χ1) is 13.9. The average Bonchev–Trinajstić information content (AvgIpc) is 2.70. The van der Waals surface area contributed by atoms with Crippen LogP contribution in [0, 0.1) is 5.82 Å². The van der Waals surface area contributed by atoms with Crippen molar-refractivity contribution in [2.75, 3.05) is 25.0 Å². The van der Waals surface area contributed by atoms with Gasteiger partial charge in [0.15, 0.2) is 5.96 Å². The lowest BCUT2D eigenvalue weighted by atomic mass is 9.84. The topological polar surface area (TPSA) is 65.5 Å². The van der Waals surface area contributed by atoms with Gasteiger partial charge in [-0.25, -0.2) is 4.39 Å². The molecule has 1 unspecified atom stereocenters. The van der Waals surface area contributed by atoms with Crippen LogP contribution >= 0.6 is 0 Å². The molecule has 0 radical (unpaired) electrons. The quantitative estimate of drug-likeness (QED) is 0.514. The van der Waals surface area contributed by atoms with Crippen LogP contribution in [0.5, 0.6) is 0 Å². The first-order valence-electron chi connectivity index (χ1n) is 10.1. The van der Waals surface area contributed by atoms with Crippen LogP contribution in [0.15, 0.2) is 53.5 Å². The molecule has 29 heavy (non-hydrogen) atoms. The van der Waals surface area contributed by atoms with Crippen LogP contribution in [0.2, 0.25) is 0 Å². The van der Waals surface area contributed by atoms with E-state index in [1.807, 2.05) is 57.2 Å². The van der Waals surface area contributed by atoms with Gasteiger partial charge in [-0.15, -0.1) is 0 Å². The molecule has 0 bridgehead atoms. The monoisotopic (exact) mass is 396 g/mol. The van der Waals surface area contributed by atoms with Crippen LogP contribution in [0.3, 0.4) is 0 Å². The molecule has 0 aliphatic carbocycles. The van der Waals surface area contributed by atoms with Crippen LogP contribution in [0.1, 0.15) is 44.2 Å². The third-order valence-electron chi connectivity index (χ3n) is 5.20. The summed E-state index contributed by atoms with van der Waals surface area (Å²) in [5.74, 6) is 0.553. The molecule has 1 atom stereocenters. The Hall–Kier alpha value is -2.89. The summed E-state index contributed by atoms with van der Waals surface area (Å²) in [6, 6.07) is 14.7. The Morgan fingerprint density at radius 2 is 1.90 bits per heavy atom. The number of amides is 1. The number of carbonyl (C=O) groups is 1. The van der Waals surface area contributed by atoms with Crippen LogP contribution in [-0.2, 0) is 10.2 Å². The third kappa shape index (κ3) is 5.13. The first-order valence-corrected chi connectivity index (χ1v) is 10.1. The zero-order chi connectivity index (χ0) is 20.9. The molecule has 154 valence electrons. The second-order valence-corrected chi connectivity index (χ2v) is 7.98. The minimum atomic E-state index is -0.439. The average molecular weight is 397 g/mol. The molecule has 3 rings (SSSR count). The maximum Gasteiger partial charge on any atom is 0.225 e. The van der Waals surface area contributed by atoms with E-state index in [-0.39, 0.29) is 17.6 Å². The van der Waals surface area contributed by atoms with Gasteiger partial charge in [-0.2, -0.15) is 0 Å². The number of guanidine groups is 1. The summed E-state index contributed by atoms with van der Waals surface area (Å²) >= 11 is 0. The van der Waals surface area contributed by atoms with Gasteiger partial charge in [0.2, 0.25) is 5.91 Å². The molecule has 1 aliphatic rings. The second kappa shape index (κ2) is 9.07. The fourth-order valence-electron chi connectivity index (χ4n) is 3.62. The summed E-state index contributed by atoms with van der Waals surface area (Å²) in [5.41, 5.74) is 2.21. The van der Waals surface area contributed by atoms with Crippen LogP contribution in [0.4, 0.5) is 10.1 Å². The summed E-state index contributed by atoms with van der Waals surface area (Å²) < 4.78 is 14.2. The highest BCUT2D eigenvalue weighted by molar-refractivity contribution is 5.94. The molecule has 0 fully saturated rings. The number of para-hydroxylation sites is 1. The number of benzene rings is 2. The highest BCUT2D eigenvalue weighted by Crippen LogP contribution is 2.31. The fourth-order valence-corrected chi connectivity index (χ4v) is 3.62. The Bertz CT molecular complexity index is 894. The predicted molar refractivity (Wildman–Crippen MR) is 116 cm³/mol. The van der Waals surface area contributed by atoms with Crippen LogP contribution < -0.4 is 16.0 Å². The molecule has 0 spiro atoms. The third-order valence-corrected chi connectivity index (χ3v) is 5.20. The maximum atomic E-state index is 14.2. The number of anilines is 1. The summed E-state index contributed by atoms with van der Waals surface area (Å²) in [7, 11) is 0. The number of hydrogen-bond acceptors (Lipinski definition) is 2. The highest BCUT2D eigenvalue weighted by atomic mass is 19.1. The molecule has 0 saturated carbocycles. The van der Waals surface area contributed by atoms with Gasteiger partial charge in [0, 0.05) is 36.5 Å². The molecular weight excluding hydrogens is 367 g/mol. The Morgan fingerprint density at radius 3 is 2.66 bits per heavy atom. The van der Waals surface area contributed by atoms with E-state index in [9.17, 15) is 9.18 Å². The normalized spacial score (nSPS) is 16.8. The molecular formula is C23H29FN4O. The lowest BCUT2D eigenvalue weighted by Gasteiger charge is -2.27. The summed E-state index contributed by atoms with van der Waals surface area (Å²) in [6.07, 6.45) is 0.435. The van der Waals surface area contributed by atoms with E-state index < -0.39 is 5.41 Å². The predicted octanol–water partition coefficient (Wildman–Crippen LogP) is 3.78. The lowest BCUT2D eigenvalue weighted by molar-refractivity contribution is -0.116.